The summed E-state index contributed by atoms with van der Waals surface area (Å²) < 4.78 is 39.1. The molecule has 0 saturated carbocycles. The highest BCUT2D eigenvalue weighted by molar-refractivity contribution is 6.07. The summed E-state index contributed by atoms with van der Waals surface area (Å²) >= 11 is 0. The van der Waals surface area contributed by atoms with Gasteiger partial charge in [-0.1, -0.05) is 0 Å². The zero-order chi connectivity index (χ0) is 21.3. The van der Waals surface area contributed by atoms with E-state index in [0.717, 1.165) is 25.5 Å². The van der Waals surface area contributed by atoms with Crippen LogP contribution in [0.1, 0.15) is 56.2 Å². The molecule has 30 heavy (non-hydrogen) atoms. The second-order valence-electron chi connectivity index (χ2n) is 7.26. The van der Waals surface area contributed by atoms with E-state index in [1.165, 1.54) is 6.07 Å². The Labute approximate surface area is 171 Å². The molecule has 9 nitrogen and oxygen atoms in total. The van der Waals surface area contributed by atoms with Gasteiger partial charge < -0.3 is 14.8 Å². The fourth-order valence-electron chi connectivity index (χ4n) is 3.21. The number of hydrogen-bond acceptors (Lipinski definition) is 6. The van der Waals surface area contributed by atoms with Crippen molar-refractivity contribution < 1.29 is 23.0 Å². The molecule has 1 atom stereocenters. The van der Waals surface area contributed by atoms with Gasteiger partial charge in [0, 0.05) is 30.5 Å². The summed E-state index contributed by atoms with van der Waals surface area (Å²) in [5.74, 6) is -0.457. The molecule has 0 radical (unpaired) electrons. The third-order valence-corrected chi connectivity index (χ3v) is 4.57. The Morgan fingerprint density at radius 3 is 2.83 bits per heavy atom. The Hall–Kier alpha value is -3.08. The monoisotopic (exact) mass is 420 g/mol. The highest BCUT2D eigenvalue weighted by Gasteiger charge is 2.22. The van der Waals surface area contributed by atoms with E-state index in [2.05, 4.69) is 20.5 Å². The minimum absolute atomic E-state index is 0.00203. The molecule has 1 aliphatic heterocycles. The van der Waals surface area contributed by atoms with Crippen molar-refractivity contribution >= 4 is 22.8 Å². The van der Waals surface area contributed by atoms with Crippen LogP contribution in [0.5, 0.6) is 5.88 Å². The van der Waals surface area contributed by atoms with E-state index in [1.54, 1.807) is 16.9 Å². The highest BCUT2D eigenvalue weighted by Crippen LogP contribution is 2.27. The molecule has 0 spiro atoms. The summed E-state index contributed by atoms with van der Waals surface area (Å²) in [6.45, 7) is 1.51. The summed E-state index contributed by atoms with van der Waals surface area (Å²) in [6.07, 6.45) is 5.38. The van der Waals surface area contributed by atoms with Crippen LogP contribution in [0.4, 0.5) is 14.6 Å². The number of fused-ring (bicyclic) bond motifs is 1. The Balaban J connectivity index is 1.65. The van der Waals surface area contributed by atoms with Crippen LogP contribution in [0.3, 0.4) is 0 Å². The molecule has 0 bridgehead atoms. The maximum atomic E-state index is 12.8. The Kier molecular flexibility index (Phi) is 5.62. The first kappa shape index (κ1) is 20.2. The maximum absolute atomic E-state index is 12.8. The fraction of sp³-hybridized carbons (Fsp3) is 0.474. The first-order chi connectivity index (χ1) is 14.4. The number of nitrogens with zero attached hydrogens (tertiary/aromatic N) is 5. The van der Waals surface area contributed by atoms with Crippen LogP contribution in [0.25, 0.3) is 11.0 Å². The summed E-state index contributed by atoms with van der Waals surface area (Å²) in [7, 11) is 0. The van der Waals surface area contributed by atoms with Gasteiger partial charge in [-0.2, -0.15) is 18.9 Å². The molecule has 1 aliphatic rings. The second kappa shape index (κ2) is 8.34. The Morgan fingerprint density at radius 1 is 1.33 bits per heavy atom. The topological polar surface area (TPSA) is 96.1 Å². The average molecular weight is 420 g/mol. The van der Waals surface area contributed by atoms with Gasteiger partial charge in [-0.25, -0.2) is 9.36 Å². The molecule has 4 heterocycles. The number of amides is 1. The molecule has 0 aromatic carbocycles. The van der Waals surface area contributed by atoms with Crippen molar-refractivity contribution in [2.24, 2.45) is 0 Å². The molecule has 1 amide bonds. The molecular formula is C19H22F2N6O3. The van der Waals surface area contributed by atoms with Crippen LogP contribution >= 0.6 is 0 Å². The first-order valence-corrected chi connectivity index (χ1v) is 9.73. The van der Waals surface area contributed by atoms with E-state index in [-0.39, 0.29) is 29.6 Å². The molecule has 1 saturated heterocycles. The van der Waals surface area contributed by atoms with E-state index in [9.17, 15) is 13.6 Å². The van der Waals surface area contributed by atoms with Gasteiger partial charge in [0.2, 0.25) is 5.88 Å². The lowest BCUT2D eigenvalue weighted by atomic mass is 10.2. The number of carbonyl (C=O) groups excluding carboxylic acids is 1. The summed E-state index contributed by atoms with van der Waals surface area (Å²) in [6, 6.07) is 2.91. The van der Waals surface area contributed by atoms with Gasteiger partial charge in [-0.05, 0) is 39.2 Å². The standard InChI is InChI=1S/C19H22F2N6O3/c1-11(2)30-18-13(17(28)22-14-6-7-26(24-14)19(20)21)9-12-10-27(25-16(12)23-18)15-5-3-4-8-29-15/h6-7,9-11,15,19H,3-5,8H2,1-2H3,(H,22,24,28). The molecule has 1 fully saturated rings. The fourth-order valence-corrected chi connectivity index (χ4v) is 3.21. The number of nitrogens with one attached hydrogen (secondary N) is 1. The molecule has 3 aromatic rings. The van der Waals surface area contributed by atoms with E-state index in [0.29, 0.717) is 22.3 Å². The van der Waals surface area contributed by atoms with E-state index in [4.69, 9.17) is 9.47 Å². The molecule has 1 N–H and O–H groups in total. The zero-order valence-electron chi connectivity index (χ0n) is 16.6. The predicted molar refractivity (Wildman–Crippen MR) is 104 cm³/mol. The van der Waals surface area contributed by atoms with Gasteiger partial charge in [0.1, 0.15) is 11.8 Å². The van der Waals surface area contributed by atoms with Crippen LogP contribution in [0, 0.1) is 0 Å². The minimum Gasteiger partial charge on any atom is -0.474 e. The quantitative estimate of drug-likeness (QED) is 0.652. The Bertz CT molecular complexity index is 1040. The van der Waals surface area contributed by atoms with Crippen molar-refractivity contribution in [3.8, 4) is 5.88 Å². The lowest BCUT2D eigenvalue weighted by molar-refractivity contribution is -0.0391. The maximum Gasteiger partial charge on any atom is 0.333 e. The number of anilines is 1. The number of aromatic nitrogens is 5. The Morgan fingerprint density at radius 2 is 2.17 bits per heavy atom. The summed E-state index contributed by atoms with van der Waals surface area (Å²) in [5.41, 5.74) is 0.588. The van der Waals surface area contributed by atoms with Crippen LogP contribution in [-0.4, -0.2) is 43.2 Å². The average Bonchev–Trinajstić information content (AvgIpc) is 3.34. The number of ether oxygens (including phenoxy) is 2. The van der Waals surface area contributed by atoms with Gasteiger partial charge in [-0.3, -0.25) is 4.79 Å². The number of rotatable bonds is 6. The van der Waals surface area contributed by atoms with Gasteiger partial charge in [0.15, 0.2) is 11.5 Å². The molecule has 4 rings (SSSR count). The minimum atomic E-state index is -2.79. The van der Waals surface area contributed by atoms with Gasteiger partial charge >= 0.3 is 6.55 Å². The number of alkyl halides is 2. The summed E-state index contributed by atoms with van der Waals surface area (Å²) in [5, 5.41) is 11.3. The summed E-state index contributed by atoms with van der Waals surface area (Å²) in [4.78, 5) is 17.2. The lowest BCUT2D eigenvalue weighted by Crippen LogP contribution is -2.18. The van der Waals surface area contributed by atoms with Crippen LogP contribution in [0.15, 0.2) is 24.5 Å². The van der Waals surface area contributed by atoms with E-state index in [1.807, 2.05) is 13.8 Å². The molecule has 0 aliphatic carbocycles. The molecule has 160 valence electrons. The number of hydrogen-bond donors (Lipinski definition) is 1. The van der Waals surface area contributed by atoms with Crippen LogP contribution in [0.2, 0.25) is 0 Å². The third kappa shape index (κ3) is 4.25. The smallest absolute Gasteiger partial charge is 0.333 e. The van der Waals surface area contributed by atoms with Gasteiger partial charge in [-0.15, -0.1) is 5.10 Å². The lowest BCUT2D eigenvalue weighted by Gasteiger charge is -2.22. The van der Waals surface area contributed by atoms with Crippen molar-refractivity contribution in [3.05, 3.63) is 30.1 Å². The first-order valence-electron chi connectivity index (χ1n) is 9.73. The van der Waals surface area contributed by atoms with E-state index >= 15 is 0 Å². The molecule has 3 aromatic heterocycles. The molecule has 11 heteroatoms. The molecule has 1 unspecified atom stereocenters. The van der Waals surface area contributed by atoms with Gasteiger partial charge in [0.05, 0.1) is 6.10 Å². The van der Waals surface area contributed by atoms with Crippen molar-refractivity contribution in [2.75, 3.05) is 11.9 Å². The predicted octanol–water partition coefficient (Wildman–Crippen LogP) is 3.76. The zero-order valence-corrected chi connectivity index (χ0v) is 16.6. The largest absolute Gasteiger partial charge is 0.474 e. The highest BCUT2D eigenvalue weighted by atomic mass is 19.3. The molecular weight excluding hydrogens is 398 g/mol. The normalized spacial score (nSPS) is 17.1. The third-order valence-electron chi connectivity index (χ3n) is 4.57. The van der Waals surface area contributed by atoms with Crippen molar-refractivity contribution in [1.29, 1.82) is 0 Å². The van der Waals surface area contributed by atoms with Crippen molar-refractivity contribution in [3.63, 3.8) is 0 Å². The number of carbonyl (C=O) groups is 1. The second-order valence-corrected chi connectivity index (χ2v) is 7.26. The SMILES string of the molecule is CC(C)Oc1nc2nn(C3CCCCO3)cc2cc1C(=O)Nc1ccn(C(F)F)n1. The van der Waals surface area contributed by atoms with Crippen LogP contribution in [-0.2, 0) is 4.74 Å². The van der Waals surface area contributed by atoms with E-state index < -0.39 is 12.5 Å². The van der Waals surface area contributed by atoms with Crippen molar-refractivity contribution in [2.45, 2.75) is 52.0 Å². The van der Waals surface area contributed by atoms with Gasteiger partial charge in [0.25, 0.3) is 5.91 Å². The number of pyridine rings is 1. The van der Waals surface area contributed by atoms with Crippen molar-refractivity contribution in [1.82, 2.24) is 24.5 Å². The number of halogens is 2. The van der Waals surface area contributed by atoms with Crippen LogP contribution < -0.4 is 10.1 Å².